The number of benzene rings is 2. The monoisotopic (exact) mass is 672 g/mol. The van der Waals surface area contributed by atoms with E-state index in [-0.39, 0.29) is 17.9 Å². The van der Waals surface area contributed by atoms with Crippen LogP contribution < -0.4 is 21.3 Å². The standard InChI is InChI=1S/C35H37ClN6O6/c1-6-48-34(45)21-15-16-42(18-21)27-14-13-20-17-26(38-32(47-5)28(20)27)24-11-7-10-23(29(24)36)22-9-8-12-25(19(22)2)37-31(43)30-33(44)40(3)35(46)41(4)39-30/h7-12,17,21,27H,6,13-16,18H2,1-5H3,(H,37,43). The van der Waals surface area contributed by atoms with Crippen molar-refractivity contribution in [1.82, 2.24) is 24.2 Å². The summed E-state index contributed by atoms with van der Waals surface area (Å²) in [6.07, 6.45) is 2.52. The van der Waals surface area contributed by atoms with Gasteiger partial charge >= 0.3 is 11.7 Å². The Bertz CT molecular complexity index is 2060. The molecule has 2 atom stereocenters. The van der Waals surface area contributed by atoms with Crippen LogP contribution in [0.15, 0.2) is 52.1 Å². The number of halogens is 1. The maximum atomic E-state index is 13.1. The Balaban J connectivity index is 1.30. The van der Waals surface area contributed by atoms with E-state index in [1.54, 1.807) is 19.2 Å². The van der Waals surface area contributed by atoms with Gasteiger partial charge in [0.1, 0.15) is 0 Å². The Morgan fingerprint density at radius 3 is 2.54 bits per heavy atom. The van der Waals surface area contributed by atoms with Crippen LogP contribution >= 0.6 is 11.6 Å². The van der Waals surface area contributed by atoms with Gasteiger partial charge in [-0.3, -0.25) is 23.9 Å². The predicted octanol–water partition coefficient (Wildman–Crippen LogP) is 4.30. The number of pyridine rings is 1. The van der Waals surface area contributed by atoms with Crippen LogP contribution in [0.2, 0.25) is 5.02 Å². The van der Waals surface area contributed by atoms with Crippen LogP contribution in [0.1, 0.15) is 53.0 Å². The number of hydrogen-bond donors (Lipinski definition) is 1. The maximum absolute atomic E-state index is 13.1. The third-order valence-corrected chi connectivity index (χ3v) is 9.69. The van der Waals surface area contributed by atoms with Gasteiger partial charge in [0.15, 0.2) is 0 Å². The van der Waals surface area contributed by atoms with Crippen molar-refractivity contribution in [3.8, 4) is 28.3 Å². The van der Waals surface area contributed by atoms with Crippen molar-refractivity contribution in [2.24, 2.45) is 20.0 Å². The average Bonchev–Trinajstić information content (AvgIpc) is 3.74. The second-order valence-electron chi connectivity index (χ2n) is 12.1. The number of rotatable bonds is 8. The lowest BCUT2D eigenvalue weighted by atomic mass is 9.96. The summed E-state index contributed by atoms with van der Waals surface area (Å²) in [5, 5.41) is 7.14. The molecule has 4 aromatic rings. The number of nitrogens with one attached hydrogen (secondary N) is 1. The van der Waals surface area contributed by atoms with Gasteiger partial charge < -0.3 is 14.8 Å². The van der Waals surface area contributed by atoms with Gasteiger partial charge in [-0.15, -0.1) is 0 Å². The molecular formula is C35H37ClN6O6. The van der Waals surface area contributed by atoms with Crippen LogP contribution in [-0.2, 0) is 30.0 Å². The highest BCUT2D eigenvalue weighted by Crippen LogP contribution is 2.46. The van der Waals surface area contributed by atoms with E-state index < -0.39 is 22.9 Å². The van der Waals surface area contributed by atoms with Gasteiger partial charge in [-0.05, 0) is 68.5 Å². The molecule has 3 heterocycles. The quantitative estimate of drug-likeness (QED) is 0.272. The lowest BCUT2D eigenvalue weighted by Gasteiger charge is -2.25. The van der Waals surface area contributed by atoms with Crippen LogP contribution in [0.4, 0.5) is 5.69 Å². The highest BCUT2D eigenvalue weighted by atomic mass is 35.5. The van der Waals surface area contributed by atoms with Gasteiger partial charge in [-0.25, -0.2) is 14.5 Å². The maximum Gasteiger partial charge on any atom is 0.346 e. The molecule has 0 spiro atoms. The van der Waals surface area contributed by atoms with E-state index in [1.165, 1.54) is 14.1 Å². The summed E-state index contributed by atoms with van der Waals surface area (Å²) in [6, 6.07) is 13.3. The Labute approximate surface area is 282 Å². The van der Waals surface area contributed by atoms with Crippen molar-refractivity contribution in [3.05, 3.63) is 90.7 Å². The van der Waals surface area contributed by atoms with E-state index in [9.17, 15) is 19.2 Å². The number of hydrogen-bond acceptors (Lipinski definition) is 9. The smallest absolute Gasteiger partial charge is 0.346 e. The molecule has 2 aromatic carbocycles. The number of aryl methyl sites for hydroxylation is 2. The van der Waals surface area contributed by atoms with Gasteiger partial charge in [0.2, 0.25) is 11.6 Å². The summed E-state index contributed by atoms with van der Waals surface area (Å²) < 4.78 is 12.9. The van der Waals surface area contributed by atoms with Gasteiger partial charge in [0, 0.05) is 49.1 Å². The molecule has 0 bridgehead atoms. The molecule has 2 unspecified atom stereocenters. The number of anilines is 1. The molecule has 2 aromatic heterocycles. The molecule has 250 valence electrons. The molecule has 1 aliphatic heterocycles. The van der Waals surface area contributed by atoms with Crippen LogP contribution in [-0.4, -0.2) is 62.9 Å². The minimum Gasteiger partial charge on any atom is -0.481 e. The largest absolute Gasteiger partial charge is 0.481 e. The zero-order chi connectivity index (χ0) is 34.3. The lowest BCUT2D eigenvalue weighted by molar-refractivity contribution is -0.147. The number of methoxy groups -OCH3 is 1. The Morgan fingerprint density at radius 2 is 1.79 bits per heavy atom. The Hall–Kier alpha value is -4.81. The first-order chi connectivity index (χ1) is 23.0. The van der Waals surface area contributed by atoms with E-state index in [0.717, 1.165) is 68.4 Å². The number of likely N-dealkylation sites (tertiary alicyclic amines) is 1. The van der Waals surface area contributed by atoms with Crippen molar-refractivity contribution < 1.29 is 19.1 Å². The number of carbonyl (C=O) groups is 2. The summed E-state index contributed by atoms with van der Waals surface area (Å²) >= 11 is 7.12. The third-order valence-electron chi connectivity index (χ3n) is 9.29. The fourth-order valence-electron chi connectivity index (χ4n) is 6.79. The zero-order valence-corrected chi connectivity index (χ0v) is 28.3. The summed E-state index contributed by atoms with van der Waals surface area (Å²) in [4.78, 5) is 57.4. The number of aromatic nitrogens is 4. The highest BCUT2D eigenvalue weighted by Gasteiger charge is 2.38. The van der Waals surface area contributed by atoms with E-state index in [0.29, 0.717) is 35.4 Å². The van der Waals surface area contributed by atoms with Crippen molar-refractivity contribution in [1.29, 1.82) is 0 Å². The number of amides is 1. The van der Waals surface area contributed by atoms with E-state index in [2.05, 4.69) is 21.4 Å². The van der Waals surface area contributed by atoms with Crippen molar-refractivity contribution in [2.75, 3.05) is 32.1 Å². The van der Waals surface area contributed by atoms with Crippen LogP contribution in [0.3, 0.4) is 0 Å². The molecule has 0 radical (unpaired) electrons. The van der Waals surface area contributed by atoms with Crippen molar-refractivity contribution in [3.63, 3.8) is 0 Å². The normalized spacial score (nSPS) is 17.3. The van der Waals surface area contributed by atoms with Crippen LogP contribution in [0.25, 0.3) is 22.4 Å². The SMILES string of the molecule is CCOC(=O)C1CCN(C2CCc3cc(-c4cccc(-c5cccc(NC(=O)c6nn(C)c(=O)n(C)c6=O)c5C)c4Cl)nc(OC)c32)C1. The zero-order valence-electron chi connectivity index (χ0n) is 27.5. The summed E-state index contributed by atoms with van der Waals surface area (Å²) in [6.45, 7) is 5.52. The first-order valence-corrected chi connectivity index (χ1v) is 16.2. The molecule has 1 saturated heterocycles. The molecule has 2 aliphatic rings. The third kappa shape index (κ3) is 5.90. The Morgan fingerprint density at radius 1 is 1.06 bits per heavy atom. The highest BCUT2D eigenvalue weighted by molar-refractivity contribution is 6.36. The predicted molar refractivity (Wildman–Crippen MR) is 181 cm³/mol. The molecular weight excluding hydrogens is 636 g/mol. The first-order valence-electron chi connectivity index (χ1n) is 15.9. The summed E-state index contributed by atoms with van der Waals surface area (Å²) in [5.41, 5.74) is 4.50. The molecule has 6 rings (SSSR count). The fourth-order valence-corrected chi connectivity index (χ4v) is 7.11. The molecule has 1 N–H and O–H groups in total. The number of esters is 1. The fraction of sp³-hybridized carbons (Fsp3) is 0.371. The number of ether oxygens (including phenoxy) is 2. The minimum atomic E-state index is -0.787. The summed E-state index contributed by atoms with van der Waals surface area (Å²) in [7, 11) is 4.29. The van der Waals surface area contributed by atoms with Gasteiger partial charge in [-0.1, -0.05) is 41.9 Å². The molecule has 1 fully saturated rings. The van der Waals surface area contributed by atoms with Crippen molar-refractivity contribution in [2.45, 2.75) is 39.2 Å². The van der Waals surface area contributed by atoms with Crippen molar-refractivity contribution >= 4 is 29.2 Å². The van der Waals surface area contributed by atoms with E-state index >= 15 is 0 Å². The number of fused-ring (bicyclic) bond motifs is 1. The molecule has 1 aliphatic carbocycles. The first kappa shape index (κ1) is 33.1. The minimum absolute atomic E-state index is 0.106. The lowest BCUT2D eigenvalue weighted by Crippen LogP contribution is -2.43. The van der Waals surface area contributed by atoms with Crippen LogP contribution in [0, 0.1) is 12.8 Å². The molecule has 12 nitrogen and oxygen atoms in total. The van der Waals surface area contributed by atoms with E-state index in [4.69, 9.17) is 26.1 Å². The molecule has 13 heteroatoms. The topological polar surface area (TPSA) is 138 Å². The number of nitrogens with zero attached hydrogens (tertiary/aromatic N) is 5. The van der Waals surface area contributed by atoms with Gasteiger partial charge in [0.05, 0.1) is 30.4 Å². The second kappa shape index (κ2) is 13.4. The van der Waals surface area contributed by atoms with Crippen LogP contribution in [0.5, 0.6) is 5.88 Å². The molecule has 1 amide bonds. The summed E-state index contributed by atoms with van der Waals surface area (Å²) in [5.74, 6) is -0.445. The molecule has 48 heavy (non-hydrogen) atoms. The van der Waals surface area contributed by atoms with Gasteiger partial charge in [0.25, 0.3) is 11.5 Å². The second-order valence-corrected chi connectivity index (χ2v) is 12.5. The number of carbonyl (C=O) groups excluding carboxylic acids is 2. The molecule has 0 saturated carbocycles. The van der Waals surface area contributed by atoms with E-state index in [1.807, 2.05) is 38.1 Å². The Kier molecular flexibility index (Phi) is 9.22. The average molecular weight is 673 g/mol. The van der Waals surface area contributed by atoms with Gasteiger partial charge in [-0.2, -0.15) is 5.10 Å².